The number of nitrogens with one attached hydrogen (secondary N) is 1. The van der Waals surface area contributed by atoms with Gasteiger partial charge in [-0.3, -0.25) is 4.79 Å². The Morgan fingerprint density at radius 1 is 0.931 bits per heavy atom. The average molecular weight is 400 g/mol. The van der Waals surface area contributed by atoms with Gasteiger partial charge in [0.05, 0.1) is 4.88 Å². The van der Waals surface area contributed by atoms with Crippen molar-refractivity contribution < 1.29 is 4.79 Å². The molecule has 0 aliphatic heterocycles. The fourth-order valence-electron chi connectivity index (χ4n) is 3.51. The molecule has 0 saturated heterocycles. The number of thiophene rings is 1. The van der Waals surface area contributed by atoms with Crippen LogP contribution < -0.4 is 5.32 Å². The third-order valence-corrected chi connectivity index (χ3v) is 6.45. The van der Waals surface area contributed by atoms with Gasteiger partial charge in [0.1, 0.15) is 0 Å². The number of carbonyl (C=O) groups is 1. The van der Waals surface area contributed by atoms with Crippen molar-refractivity contribution in [1.82, 2.24) is 0 Å². The van der Waals surface area contributed by atoms with Crippen LogP contribution in [-0.2, 0) is 6.42 Å². The number of anilines is 1. The van der Waals surface area contributed by atoms with E-state index in [4.69, 9.17) is 0 Å². The predicted molar refractivity (Wildman–Crippen MR) is 124 cm³/mol. The van der Waals surface area contributed by atoms with Gasteiger partial charge in [0, 0.05) is 10.4 Å². The standard InChI is InChI=1S/C26H25NOS/c1-17(2)20-12-14-21(15-13-20)27-26(28)25-23(16-19-10-8-18(3)9-11-19)22-6-4-5-7-24(22)29-25/h4-15,17H,16H2,1-3H3,(H,27,28). The van der Waals surface area contributed by atoms with Crippen LogP contribution >= 0.6 is 11.3 Å². The van der Waals surface area contributed by atoms with E-state index in [0.29, 0.717) is 5.92 Å². The molecule has 0 unspecified atom stereocenters. The van der Waals surface area contributed by atoms with Gasteiger partial charge in [-0.25, -0.2) is 0 Å². The normalized spacial score (nSPS) is 11.2. The van der Waals surface area contributed by atoms with Crippen molar-refractivity contribution >= 4 is 33.0 Å². The lowest BCUT2D eigenvalue weighted by atomic mass is 10.0. The molecule has 0 saturated carbocycles. The Morgan fingerprint density at radius 2 is 1.62 bits per heavy atom. The number of aryl methyl sites for hydroxylation is 1. The molecular formula is C26H25NOS. The van der Waals surface area contributed by atoms with E-state index in [0.717, 1.165) is 27.2 Å². The zero-order chi connectivity index (χ0) is 20.4. The molecule has 3 aromatic carbocycles. The van der Waals surface area contributed by atoms with E-state index < -0.39 is 0 Å². The summed E-state index contributed by atoms with van der Waals surface area (Å²) >= 11 is 1.57. The number of carbonyl (C=O) groups excluding carboxylic acids is 1. The van der Waals surface area contributed by atoms with Crippen LogP contribution in [0.15, 0.2) is 72.8 Å². The molecule has 1 aromatic heterocycles. The van der Waals surface area contributed by atoms with Gasteiger partial charge in [-0.1, -0.05) is 74.0 Å². The molecule has 3 heteroatoms. The number of benzene rings is 3. The predicted octanol–water partition coefficient (Wildman–Crippen LogP) is 7.18. The Kier molecular flexibility index (Phi) is 5.50. The molecule has 4 aromatic rings. The summed E-state index contributed by atoms with van der Waals surface area (Å²) in [5, 5.41) is 4.26. The second kappa shape index (κ2) is 8.22. The monoisotopic (exact) mass is 399 g/mol. The molecule has 1 heterocycles. The highest BCUT2D eigenvalue weighted by atomic mass is 32.1. The Morgan fingerprint density at radius 3 is 2.31 bits per heavy atom. The fraction of sp³-hybridized carbons (Fsp3) is 0.192. The maximum absolute atomic E-state index is 13.2. The molecule has 0 aliphatic rings. The largest absolute Gasteiger partial charge is 0.321 e. The van der Waals surface area contributed by atoms with E-state index in [1.165, 1.54) is 22.1 Å². The van der Waals surface area contributed by atoms with Crippen LogP contribution in [0.5, 0.6) is 0 Å². The van der Waals surface area contributed by atoms with Crippen LogP contribution in [0.3, 0.4) is 0 Å². The third-order valence-electron chi connectivity index (χ3n) is 5.24. The van der Waals surface area contributed by atoms with Crippen LogP contribution in [0.1, 0.15) is 51.7 Å². The summed E-state index contributed by atoms with van der Waals surface area (Å²) in [6, 6.07) is 25.0. The van der Waals surface area contributed by atoms with Gasteiger partial charge in [0.15, 0.2) is 0 Å². The maximum Gasteiger partial charge on any atom is 0.266 e. The third kappa shape index (κ3) is 4.25. The molecule has 1 N–H and O–H groups in total. The van der Waals surface area contributed by atoms with E-state index in [1.54, 1.807) is 11.3 Å². The van der Waals surface area contributed by atoms with Crippen LogP contribution in [0, 0.1) is 6.92 Å². The van der Waals surface area contributed by atoms with Gasteiger partial charge in [-0.2, -0.15) is 0 Å². The summed E-state index contributed by atoms with van der Waals surface area (Å²) in [6.45, 7) is 6.43. The first-order chi connectivity index (χ1) is 14.0. The average Bonchev–Trinajstić information content (AvgIpc) is 3.09. The first-order valence-electron chi connectivity index (χ1n) is 9.98. The van der Waals surface area contributed by atoms with Crippen LogP contribution in [0.25, 0.3) is 10.1 Å². The van der Waals surface area contributed by atoms with E-state index in [-0.39, 0.29) is 5.91 Å². The highest BCUT2D eigenvalue weighted by Gasteiger charge is 2.19. The van der Waals surface area contributed by atoms with Crippen molar-refractivity contribution in [2.75, 3.05) is 5.32 Å². The number of fused-ring (bicyclic) bond motifs is 1. The van der Waals surface area contributed by atoms with Gasteiger partial charge in [-0.15, -0.1) is 11.3 Å². The minimum absolute atomic E-state index is 0.0365. The summed E-state index contributed by atoms with van der Waals surface area (Å²) in [5.74, 6) is 0.439. The Balaban J connectivity index is 1.66. The van der Waals surface area contributed by atoms with Crippen molar-refractivity contribution in [1.29, 1.82) is 0 Å². The first kappa shape index (κ1) is 19.4. The number of amides is 1. The molecule has 29 heavy (non-hydrogen) atoms. The second-order valence-corrected chi connectivity index (χ2v) is 8.85. The molecule has 4 rings (SSSR count). The minimum Gasteiger partial charge on any atom is -0.321 e. The summed E-state index contributed by atoms with van der Waals surface area (Å²) in [5.41, 5.74) is 5.66. The van der Waals surface area contributed by atoms with Gasteiger partial charge in [-0.05, 0) is 59.5 Å². The molecule has 0 atom stereocenters. The highest BCUT2D eigenvalue weighted by molar-refractivity contribution is 7.21. The SMILES string of the molecule is Cc1ccc(Cc2c(C(=O)Nc3ccc(C(C)C)cc3)sc3ccccc23)cc1. The molecule has 2 nitrogen and oxygen atoms in total. The molecule has 146 valence electrons. The molecule has 0 radical (unpaired) electrons. The van der Waals surface area contributed by atoms with E-state index in [9.17, 15) is 4.79 Å². The van der Waals surface area contributed by atoms with Crippen molar-refractivity contribution in [3.63, 3.8) is 0 Å². The van der Waals surface area contributed by atoms with E-state index in [1.807, 2.05) is 24.3 Å². The van der Waals surface area contributed by atoms with E-state index in [2.05, 4.69) is 74.6 Å². The Labute approximate surface area is 176 Å². The zero-order valence-corrected chi connectivity index (χ0v) is 17.8. The van der Waals surface area contributed by atoms with E-state index >= 15 is 0 Å². The Bertz CT molecular complexity index is 1140. The number of hydrogen-bond acceptors (Lipinski definition) is 2. The van der Waals surface area contributed by atoms with Crippen LogP contribution in [-0.4, -0.2) is 5.91 Å². The lowest BCUT2D eigenvalue weighted by Crippen LogP contribution is -2.12. The molecular weight excluding hydrogens is 374 g/mol. The highest BCUT2D eigenvalue weighted by Crippen LogP contribution is 2.33. The number of rotatable bonds is 5. The topological polar surface area (TPSA) is 29.1 Å². The number of hydrogen-bond donors (Lipinski definition) is 1. The van der Waals surface area contributed by atoms with Gasteiger partial charge in [0.25, 0.3) is 5.91 Å². The maximum atomic E-state index is 13.2. The summed E-state index contributed by atoms with van der Waals surface area (Å²) in [7, 11) is 0. The second-order valence-electron chi connectivity index (χ2n) is 7.80. The first-order valence-corrected chi connectivity index (χ1v) is 10.8. The lowest BCUT2D eigenvalue weighted by molar-refractivity contribution is 0.103. The quantitative estimate of drug-likeness (QED) is 0.378. The smallest absolute Gasteiger partial charge is 0.266 e. The van der Waals surface area contributed by atoms with Crippen molar-refractivity contribution in [2.45, 2.75) is 33.1 Å². The zero-order valence-electron chi connectivity index (χ0n) is 17.0. The summed E-state index contributed by atoms with van der Waals surface area (Å²) < 4.78 is 1.15. The molecule has 1 amide bonds. The van der Waals surface area contributed by atoms with Crippen molar-refractivity contribution in [3.8, 4) is 0 Å². The van der Waals surface area contributed by atoms with Gasteiger partial charge < -0.3 is 5.32 Å². The van der Waals surface area contributed by atoms with Crippen LogP contribution in [0.2, 0.25) is 0 Å². The van der Waals surface area contributed by atoms with Crippen LogP contribution in [0.4, 0.5) is 5.69 Å². The van der Waals surface area contributed by atoms with Gasteiger partial charge >= 0.3 is 0 Å². The fourth-order valence-corrected chi connectivity index (χ4v) is 4.62. The van der Waals surface area contributed by atoms with Crippen molar-refractivity contribution in [2.24, 2.45) is 0 Å². The molecule has 0 spiro atoms. The lowest BCUT2D eigenvalue weighted by Gasteiger charge is -2.09. The summed E-state index contributed by atoms with van der Waals surface area (Å²) in [4.78, 5) is 14.0. The van der Waals surface area contributed by atoms with Gasteiger partial charge in [0.2, 0.25) is 0 Å². The Hall–Kier alpha value is -2.91. The summed E-state index contributed by atoms with van der Waals surface area (Å²) in [6.07, 6.45) is 0.749. The minimum atomic E-state index is -0.0365. The molecule has 0 bridgehead atoms. The van der Waals surface area contributed by atoms with Crippen molar-refractivity contribution in [3.05, 3.63) is 99.9 Å². The molecule has 0 aliphatic carbocycles. The molecule has 0 fully saturated rings.